The molecule has 1 nitrogen and oxygen atoms in total. The molecular weight excluding hydrogens is 220 g/mol. The highest BCUT2D eigenvalue weighted by molar-refractivity contribution is 5.99. The monoisotopic (exact) mass is 240 g/mol. The van der Waals surface area contributed by atoms with E-state index in [0.717, 1.165) is 19.3 Å². The lowest BCUT2D eigenvalue weighted by atomic mass is 9.80. The fourth-order valence-electron chi connectivity index (χ4n) is 3.80. The largest absolute Gasteiger partial charge is 0.299 e. The van der Waals surface area contributed by atoms with E-state index in [1.807, 2.05) is 0 Å². The van der Waals surface area contributed by atoms with Crippen LogP contribution >= 0.6 is 0 Å². The smallest absolute Gasteiger partial charge is 0.143 e. The van der Waals surface area contributed by atoms with Gasteiger partial charge in [0.2, 0.25) is 0 Å². The number of Topliss-reactive ketones (excluding diaryl/α,β-unsaturated/α-hetero) is 1. The molecule has 2 aliphatic rings. The molecule has 2 bridgehead atoms. The van der Waals surface area contributed by atoms with E-state index in [1.165, 1.54) is 27.8 Å². The first-order valence-corrected chi connectivity index (χ1v) is 6.90. The van der Waals surface area contributed by atoms with Crippen molar-refractivity contribution in [1.29, 1.82) is 0 Å². The summed E-state index contributed by atoms with van der Waals surface area (Å²) in [6.45, 7) is 6.47. The predicted molar refractivity (Wildman–Crippen MR) is 74.5 cm³/mol. The fourth-order valence-corrected chi connectivity index (χ4v) is 3.80. The Morgan fingerprint density at radius 1 is 1.06 bits per heavy atom. The van der Waals surface area contributed by atoms with E-state index in [4.69, 9.17) is 0 Å². The van der Waals surface area contributed by atoms with Gasteiger partial charge in [-0.25, -0.2) is 0 Å². The highest BCUT2D eigenvalue weighted by Crippen LogP contribution is 2.44. The molecule has 0 heterocycles. The van der Waals surface area contributed by atoms with Gasteiger partial charge in [0.15, 0.2) is 0 Å². The molecule has 0 aromatic heterocycles. The number of hydrogen-bond donors (Lipinski definition) is 0. The average Bonchev–Trinajstić information content (AvgIpc) is 2.53. The Hall–Kier alpha value is -1.37. The van der Waals surface area contributed by atoms with Crippen LogP contribution in [0.2, 0.25) is 0 Å². The lowest BCUT2D eigenvalue weighted by molar-refractivity contribution is -0.122. The maximum Gasteiger partial charge on any atom is 0.143 e. The Bertz CT molecular complexity index is 528. The van der Waals surface area contributed by atoms with Gasteiger partial charge < -0.3 is 0 Å². The Labute approximate surface area is 109 Å². The highest BCUT2D eigenvalue weighted by Gasteiger charge is 2.39. The van der Waals surface area contributed by atoms with Crippen LogP contribution in [0.15, 0.2) is 18.2 Å². The van der Waals surface area contributed by atoms with Gasteiger partial charge in [-0.2, -0.15) is 0 Å². The molecule has 0 aliphatic heterocycles. The summed E-state index contributed by atoms with van der Waals surface area (Å²) in [7, 11) is 0. The van der Waals surface area contributed by atoms with E-state index in [2.05, 4.69) is 39.0 Å². The van der Waals surface area contributed by atoms with Gasteiger partial charge >= 0.3 is 0 Å². The van der Waals surface area contributed by atoms with E-state index >= 15 is 0 Å². The number of carbonyl (C=O) groups excluding carboxylic acids is 1. The van der Waals surface area contributed by atoms with Crippen LogP contribution in [0.4, 0.5) is 0 Å². The van der Waals surface area contributed by atoms with Crippen molar-refractivity contribution in [2.45, 2.75) is 40.0 Å². The summed E-state index contributed by atoms with van der Waals surface area (Å²) in [6.07, 6.45) is 5.43. The highest BCUT2D eigenvalue weighted by atomic mass is 16.1. The summed E-state index contributed by atoms with van der Waals surface area (Å²) in [5.41, 5.74) is 6.58. The molecule has 0 saturated heterocycles. The van der Waals surface area contributed by atoms with Crippen molar-refractivity contribution in [1.82, 2.24) is 0 Å². The van der Waals surface area contributed by atoms with Crippen LogP contribution in [0, 0.1) is 32.6 Å². The Kier molecular flexibility index (Phi) is 2.65. The van der Waals surface area contributed by atoms with E-state index in [-0.39, 0.29) is 5.92 Å². The van der Waals surface area contributed by atoms with E-state index in [1.54, 1.807) is 0 Å². The molecule has 18 heavy (non-hydrogen) atoms. The van der Waals surface area contributed by atoms with Gasteiger partial charge in [-0.05, 0) is 62.3 Å². The van der Waals surface area contributed by atoms with Crippen LogP contribution in [-0.2, 0) is 4.79 Å². The Morgan fingerprint density at radius 2 is 1.72 bits per heavy atom. The van der Waals surface area contributed by atoms with Gasteiger partial charge in [0.25, 0.3) is 0 Å². The van der Waals surface area contributed by atoms with Crippen molar-refractivity contribution in [2.24, 2.45) is 11.8 Å². The molecule has 1 saturated carbocycles. The molecule has 3 rings (SSSR count). The number of rotatable bonds is 1. The first-order chi connectivity index (χ1) is 8.58. The molecule has 1 aromatic carbocycles. The molecule has 1 fully saturated rings. The van der Waals surface area contributed by atoms with Crippen molar-refractivity contribution in [3.63, 3.8) is 0 Å². The van der Waals surface area contributed by atoms with Gasteiger partial charge in [-0.3, -0.25) is 4.79 Å². The van der Waals surface area contributed by atoms with Crippen LogP contribution in [0.3, 0.4) is 0 Å². The third-order valence-electron chi connectivity index (χ3n) is 4.51. The predicted octanol–water partition coefficient (Wildman–Crippen LogP) is 3.99. The lowest BCUT2D eigenvalue weighted by Crippen LogP contribution is -2.20. The number of aryl methyl sites for hydroxylation is 3. The molecule has 0 N–H and O–H groups in total. The molecule has 1 heteroatoms. The second kappa shape index (κ2) is 4.08. The Morgan fingerprint density at radius 3 is 2.39 bits per heavy atom. The van der Waals surface area contributed by atoms with Crippen LogP contribution in [0.25, 0.3) is 5.57 Å². The van der Waals surface area contributed by atoms with Crippen LogP contribution in [0.1, 0.15) is 41.5 Å². The third kappa shape index (κ3) is 1.65. The summed E-state index contributed by atoms with van der Waals surface area (Å²) in [5.74, 6) is 1.00. The maximum absolute atomic E-state index is 12.2. The van der Waals surface area contributed by atoms with Crippen LogP contribution in [-0.4, -0.2) is 5.78 Å². The van der Waals surface area contributed by atoms with Crippen molar-refractivity contribution < 1.29 is 4.79 Å². The number of fused-ring (bicyclic) bond motifs is 2. The molecule has 0 amide bonds. The Balaban J connectivity index is 2.11. The molecule has 94 valence electrons. The molecule has 2 atom stereocenters. The minimum atomic E-state index is 0.184. The van der Waals surface area contributed by atoms with E-state index < -0.39 is 0 Å². The van der Waals surface area contributed by atoms with Crippen molar-refractivity contribution in [3.8, 4) is 0 Å². The van der Waals surface area contributed by atoms with E-state index in [9.17, 15) is 4.79 Å². The summed E-state index contributed by atoms with van der Waals surface area (Å²) < 4.78 is 0. The van der Waals surface area contributed by atoms with Gasteiger partial charge in [0.1, 0.15) is 5.78 Å². The van der Waals surface area contributed by atoms with Crippen molar-refractivity contribution >= 4 is 11.4 Å². The van der Waals surface area contributed by atoms with Crippen molar-refractivity contribution in [3.05, 3.63) is 40.5 Å². The van der Waals surface area contributed by atoms with Crippen molar-refractivity contribution in [2.75, 3.05) is 0 Å². The summed E-state index contributed by atoms with van der Waals surface area (Å²) in [5, 5.41) is 0. The topological polar surface area (TPSA) is 17.1 Å². The summed E-state index contributed by atoms with van der Waals surface area (Å²) in [6, 6.07) is 4.46. The molecule has 0 unspecified atom stereocenters. The van der Waals surface area contributed by atoms with E-state index in [0.29, 0.717) is 11.7 Å². The minimum absolute atomic E-state index is 0.184. The fraction of sp³-hybridized carbons (Fsp3) is 0.471. The zero-order chi connectivity index (χ0) is 12.9. The summed E-state index contributed by atoms with van der Waals surface area (Å²) >= 11 is 0. The van der Waals surface area contributed by atoms with Gasteiger partial charge in [0.05, 0.1) is 0 Å². The first-order valence-electron chi connectivity index (χ1n) is 6.90. The lowest BCUT2D eigenvalue weighted by Gasteiger charge is -2.23. The van der Waals surface area contributed by atoms with Crippen LogP contribution < -0.4 is 0 Å². The van der Waals surface area contributed by atoms with Gasteiger partial charge in [-0.15, -0.1) is 0 Å². The third-order valence-corrected chi connectivity index (χ3v) is 4.51. The number of ketones is 1. The summed E-state index contributed by atoms with van der Waals surface area (Å²) in [4.78, 5) is 12.2. The molecule has 2 aliphatic carbocycles. The minimum Gasteiger partial charge on any atom is -0.299 e. The second-order valence-corrected chi connectivity index (χ2v) is 5.90. The molecule has 0 radical (unpaired) electrons. The number of benzene rings is 1. The zero-order valence-electron chi connectivity index (χ0n) is 11.4. The normalized spacial score (nSPS) is 26.4. The van der Waals surface area contributed by atoms with Gasteiger partial charge in [-0.1, -0.05) is 23.8 Å². The average molecular weight is 240 g/mol. The standard InChI is InChI=1S/C17H20O/c1-10-8-11(2)16(12(3)9-10)14-6-4-13-5-7-15(14)17(13)18/h6,8-9,13,15H,4-5,7H2,1-3H3/t13-,15-/m0/s1. The molecule has 1 aromatic rings. The number of carbonyl (C=O) groups is 1. The van der Waals surface area contributed by atoms with Gasteiger partial charge in [0, 0.05) is 11.8 Å². The second-order valence-electron chi connectivity index (χ2n) is 5.90. The van der Waals surface area contributed by atoms with Crippen LogP contribution in [0.5, 0.6) is 0 Å². The first kappa shape index (κ1) is 11.7. The maximum atomic E-state index is 12.2. The number of hydrogen-bond acceptors (Lipinski definition) is 1. The zero-order valence-corrected chi connectivity index (χ0v) is 11.4. The SMILES string of the molecule is Cc1cc(C)c(C2=CC[C@H]3CC[C@@H]2C3=O)c(C)c1. The quantitative estimate of drug-likeness (QED) is 0.725. The number of allylic oxidation sites excluding steroid dienone is 2. The molecule has 0 spiro atoms. The molecular formula is C17H20O.